The molecule has 0 aliphatic heterocycles. The van der Waals surface area contributed by atoms with Crippen molar-refractivity contribution in [3.05, 3.63) is 59.2 Å². The maximum Gasteiger partial charge on any atom is 0.407 e. The van der Waals surface area contributed by atoms with Gasteiger partial charge in [0, 0.05) is 24.6 Å². The number of carbonyl (C=O) groups excluding carboxylic acids is 2. The van der Waals surface area contributed by atoms with Crippen LogP contribution in [0.2, 0.25) is 0 Å². The molecule has 0 spiro atoms. The Hall–Kier alpha value is -2.86. The van der Waals surface area contributed by atoms with Crippen molar-refractivity contribution in [1.29, 1.82) is 0 Å². The Bertz CT molecular complexity index is 819. The predicted molar refractivity (Wildman–Crippen MR) is 98.2 cm³/mol. The van der Waals surface area contributed by atoms with Crippen LogP contribution in [0.4, 0.5) is 4.79 Å². The van der Waals surface area contributed by atoms with Gasteiger partial charge in [-0.25, -0.2) is 4.79 Å². The van der Waals surface area contributed by atoms with E-state index in [1.54, 1.807) is 6.07 Å². The number of hydrogen-bond donors (Lipinski definition) is 3. The number of hydrogen-bond acceptors (Lipinski definition) is 4. The van der Waals surface area contributed by atoms with Crippen LogP contribution in [0.3, 0.4) is 0 Å². The Kier molecular flexibility index (Phi) is 5.53. The average Bonchev–Trinajstić information content (AvgIpc) is 2.97. The molecule has 2 aromatic carbocycles. The molecule has 2 amide bonds. The lowest BCUT2D eigenvalue weighted by atomic mass is 9.96. The highest BCUT2D eigenvalue weighted by atomic mass is 16.5. The minimum Gasteiger partial charge on any atom is -0.449 e. The molecule has 2 aromatic rings. The van der Waals surface area contributed by atoms with Crippen molar-refractivity contribution >= 4 is 12.0 Å². The maximum atomic E-state index is 12.2. The third kappa shape index (κ3) is 3.55. The molecule has 0 saturated carbocycles. The Morgan fingerprint density at radius 3 is 2.62 bits per heavy atom. The van der Waals surface area contributed by atoms with E-state index in [2.05, 4.69) is 10.6 Å². The van der Waals surface area contributed by atoms with Gasteiger partial charge in [-0.1, -0.05) is 30.3 Å². The normalized spacial score (nSPS) is 14.3. The van der Waals surface area contributed by atoms with Gasteiger partial charge in [0.25, 0.3) is 5.91 Å². The van der Waals surface area contributed by atoms with E-state index < -0.39 is 6.09 Å². The number of nitrogens with one attached hydrogen (secondary N) is 2. The van der Waals surface area contributed by atoms with Crippen LogP contribution in [-0.4, -0.2) is 43.4 Å². The standard InChI is InChI=1S/C20H22N2O4/c1-2-21-20(25)26-12-18-15-6-4-3-5-14(15)16-8-7-13(11-17(16)18)19(24)22-9-10-23/h3-8,11,18,23H,2,9-10,12H2,1H3,(H,21,25)(H,22,24). The summed E-state index contributed by atoms with van der Waals surface area (Å²) in [6.45, 7) is 2.65. The lowest BCUT2D eigenvalue weighted by Gasteiger charge is -2.15. The zero-order chi connectivity index (χ0) is 18.5. The van der Waals surface area contributed by atoms with Crippen LogP contribution >= 0.6 is 0 Å². The summed E-state index contributed by atoms with van der Waals surface area (Å²) in [6.07, 6.45) is -0.449. The Labute approximate surface area is 152 Å². The Morgan fingerprint density at radius 2 is 1.85 bits per heavy atom. The van der Waals surface area contributed by atoms with E-state index in [1.807, 2.05) is 43.3 Å². The second-order valence-electron chi connectivity index (χ2n) is 6.05. The molecule has 0 bridgehead atoms. The molecule has 0 saturated heterocycles. The van der Waals surface area contributed by atoms with E-state index >= 15 is 0 Å². The number of ether oxygens (including phenoxy) is 1. The summed E-state index contributed by atoms with van der Waals surface area (Å²) in [5.74, 6) is -0.351. The van der Waals surface area contributed by atoms with Gasteiger partial charge in [-0.15, -0.1) is 0 Å². The summed E-state index contributed by atoms with van der Waals surface area (Å²) < 4.78 is 5.36. The monoisotopic (exact) mass is 354 g/mol. The fourth-order valence-electron chi connectivity index (χ4n) is 3.26. The summed E-state index contributed by atoms with van der Waals surface area (Å²) in [6, 6.07) is 13.5. The van der Waals surface area contributed by atoms with Crippen molar-refractivity contribution in [2.24, 2.45) is 0 Å². The number of fused-ring (bicyclic) bond motifs is 3. The van der Waals surface area contributed by atoms with Gasteiger partial charge in [0.15, 0.2) is 0 Å². The molecule has 3 N–H and O–H groups in total. The predicted octanol–water partition coefficient (Wildman–Crippen LogP) is 2.27. The molecule has 1 aliphatic carbocycles. The summed E-state index contributed by atoms with van der Waals surface area (Å²) in [5, 5.41) is 14.2. The first-order valence-corrected chi connectivity index (χ1v) is 8.68. The number of carbonyl (C=O) groups is 2. The highest BCUT2D eigenvalue weighted by Gasteiger charge is 2.30. The van der Waals surface area contributed by atoms with Crippen LogP contribution in [0.25, 0.3) is 11.1 Å². The second kappa shape index (κ2) is 8.01. The SMILES string of the molecule is CCNC(=O)OCC1c2ccccc2-c2ccc(C(=O)NCCO)cc21. The second-order valence-corrected chi connectivity index (χ2v) is 6.05. The molecule has 1 aliphatic rings. The first-order chi connectivity index (χ1) is 12.7. The third-order valence-electron chi connectivity index (χ3n) is 4.42. The molecular formula is C20H22N2O4. The molecule has 0 fully saturated rings. The van der Waals surface area contributed by atoms with Gasteiger partial charge < -0.3 is 20.5 Å². The molecule has 26 heavy (non-hydrogen) atoms. The van der Waals surface area contributed by atoms with E-state index in [1.165, 1.54) is 0 Å². The van der Waals surface area contributed by atoms with Crippen LogP contribution in [0.1, 0.15) is 34.3 Å². The van der Waals surface area contributed by atoms with E-state index in [0.717, 1.165) is 22.3 Å². The van der Waals surface area contributed by atoms with Gasteiger partial charge in [0.2, 0.25) is 0 Å². The number of aliphatic hydroxyl groups is 1. The number of amides is 2. The van der Waals surface area contributed by atoms with Crippen LogP contribution in [0, 0.1) is 0 Å². The number of rotatable bonds is 6. The van der Waals surface area contributed by atoms with Crippen molar-refractivity contribution in [3.8, 4) is 11.1 Å². The molecule has 1 unspecified atom stereocenters. The molecule has 1 atom stereocenters. The largest absolute Gasteiger partial charge is 0.449 e. The van der Waals surface area contributed by atoms with E-state index in [9.17, 15) is 9.59 Å². The maximum absolute atomic E-state index is 12.2. The van der Waals surface area contributed by atoms with Gasteiger partial charge >= 0.3 is 6.09 Å². The Balaban J connectivity index is 1.90. The smallest absolute Gasteiger partial charge is 0.407 e. The topological polar surface area (TPSA) is 87.7 Å². The fraction of sp³-hybridized carbons (Fsp3) is 0.300. The third-order valence-corrected chi connectivity index (χ3v) is 4.42. The van der Waals surface area contributed by atoms with Gasteiger partial charge in [0.05, 0.1) is 6.61 Å². The Morgan fingerprint density at radius 1 is 1.08 bits per heavy atom. The summed E-state index contributed by atoms with van der Waals surface area (Å²) >= 11 is 0. The quantitative estimate of drug-likeness (QED) is 0.743. The molecule has 6 heteroatoms. The van der Waals surface area contributed by atoms with Gasteiger partial charge in [-0.05, 0) is 41.3 Å². The molecule has 0 aromatic heterocycles. The first kappa shape index (κ1) is 17.9. The minimum atomic E-state index is -0.449. The zero-order valence-corrected chi connectivity index (χ0v) is 14.6. The van der Waals surface area contributed by atoms with E-state index in [0.29, 0.717) is 12.1 Å². The lowest BCUT2D eigenvalue weighted by molar-refractivity contribution is 0.0944. The number of aliphatic hydroxyl groups excluding tert-OH is 1. The van der Waals surface area contributed by atoms with Crippen molar-refractivity contribution in [2.45, 2.75) is 12.8 Å². The zero-order valence-electron chi connectivity index (χ0n) is 14.6. The highest BCUT2D eigenvalue weighted by Crippen LogP contribution is 2.45. The van der Waals surface area contributed by atoms with Gasteiger partial charge in [-0.2, -0.15) is 0 Å². The molecule has 0 heterocycles. The van der Waals surface area contributed by atoms with E-state index in [4.69, 9.17) is 9.84 Å². The molecule has 136 valence electrons. The van der Waals surface area contributed by atoms with Gasteiger partial charge in [0.1, 0.15) is 6.61 Å². The number of alkyl carbamates (subject to hydrolysis) is 1. The van der Waals surface area contributed by atoms with Crippen LogP contribution in [-0.2, 0) is 4.74 Å². The van der Waals surface area contributed by atoms with Crippen molar-refractivity contribution in [1.82, 2.24) is 10.6 Å². The lowest BCUT2D eigenvalue weighted by Crippen LogP contribution is -2.27. The summed E-state index contributed by atoms with van der Waals surface area (Å²) in [4.78, 5) is 23.9. The van der Waals surface area contributed by atoms with Crippen LogP contribution < -0.4 is 10.6 Å². The molecule has 6 nitrogen and oxygen atoms in total. The van der Waals surface area contributed by atoms with Crippen molar-refractivity contribution in [2.75, 3.05) is 26.3 Å². The number of benzene rings is 2. The first-order valence-electron chi connectivity index (χ1n) is 8.68. The molecule has 3 rings (SSSR count). The molecular weight excluding hydrogens is 332 g/mol. The van der Waals surface area contributed by atoms with Crippen molar-refractivity contribution in [3.63, 3.8) is 0 Å². The summed E-state index contributed by atoms with van der Waals surface area (Å²) in [7, 11) is 0. The van der Waals surface area contributed by atoms with Crippen LogP contribution in [0.15, 0.2) is 42.5 Å². The van der Waals surface area contributed by atoms with E-state index in [-0.39, 0.29) is 31.6 Å². The van der Waals surface area contributed by atoms with Gasteiger partial charge in [-0.3, -0.25) is 4.79 Å². The minimum absolute atomic E-state index is 0.106. The average molecular weight is 354 g/mol. The van der Waals surface area contributed by atoms with Crippen molar-refractivity contribution < 1.29 is 19.4 Å². The molecule has 0 radical (unpaired) electrons. The highest BCUT2D eigenvalue weighted by molar-refractivity contribution is 5.96. The summed E-state index contributed by atoms with van der Waals surface area (Å²) in [5.41, 5.74) is 4.71. The van der Waals surface area contributed by atoms with Crippen LogP contribution in [0.5, 0.6) is 0 Å². The fourth-order valence-corrected chi connectivity index (χ4v) is 3.26.